The van der Waals surface area contributed by atoms with Crippen molar-refractivity contribution in [1.82, 2.24) is 5.32 Å². The van der Waals surface area contributed by atoms with Crippen LogP contribution in [-0.4, -0.2) is 48.8 Å². The molecular weight excluding hydrogens is 254 g/mol. The second-order valence-electron chi connectivity index (χ2n) is 4.41. The van der Waals surface area contributed by atoms with Gasteiger partial charge < -0.3 is 19.9 Å². The van der Waals surface area contributed by atoms with Gasteiger partial charge >= 0.3 is 11.9 Å². The number of esters is 1. The van der Waals surface area contributed by atoms with Crippen molar-refractivity contribution in [3.8, 4) is 0 Å². The minimum atomic E-state index is -1.16. The second kappa shape index (κ2) is 7.73. The zero-order valence-corrected chi connectivity index (χ0v) is 10.9. The summed E-state index contributed by atoms with van der Waals surface area (Å²) in [4.78, 5) is 33.6. The van der Waals surface area contributed by atoms with E-state index >= 15 is 0 Å². The van der Waals surface area contributed by atoms with Gasteiger partial charge in [0.1, 0.15) is 6.04 Å². The van der Waals surface area contributed by atoms with Gasteiger partial charge in [-0.3, -0.25) is 9.59 Å². The highest BCUT2D eigenvalue weighted by atomic mass is 16.5. The first-order valence-corrected chi connectivity index (χ1v) is 6.23. The van der Waals surface area contributed by atoms with Crippen molar-refractivity contribution in [2.24, 2.45) is 0 Å². The number of carbonyl (C=O) groups is 3. The maximum absolute atomic E-state index is 11.7. The van der Waals surface area contributed by atoms with Crippen LogP contribution in [-0.2, 0) is 23.9 Å². The smallest absolute Gasteiger partial charge is 0.326 e. The van der Waals surface area contributed by atoms with Crippen LogP contribution < -0.4 is 5.32 Å². The number of rotatable bonds is 7. The van der Waals surface area contributed by atoms with Crippen molar-refractivity contribution in [3.63, 3.8) is 0 Å². The van der Waals surface area contributed by atoms with Gasteiger partial charge in [0.2, 0.25) is 5.91 Å². The number of carboxylic acids is 1. The molecule has 1 heterocycles. The van der Waals surface area contributed by atoms with Gasteiger partial charge in [-0.1, -0.05) is 0 Å². The fraction of sp³-hybridized carbons (Fsp3) is 0.750. The predicted octanol–water partition coefficient (Wildman–Crippen LogP) is 0.0781. The lowest BCUT2D eigenvalue weighted by Gasteiger charge is -2.15. The molecule has 0 aliphatic carbocycles. The van der Waals surface area contributed by atoms with Crippen LogP contribution in [0.1, 0.15) is 32.1 Å². The summed E-state index contributed by atoms with van der Waals surface area (Å²) in [5.41, 5.74) is 0. The topological polar surface area (TPSA) is 102 Å². The van der Waals surface area contributed by atoms with E-state index in [9.17, 15) is 14.4 Å². The van der Waals surface area contributed by atoms with Crippen molar-refractivity contribution >= 4 is 17.8 Å². The fourth-order valence-corrected chi connectivity index (χ4v) is 1.89. The monoisotopic (exact) mass is 273 g/mol. The Hall–Kier alpha value is -1.63. The molecule has 1 rings (SSSR count). The van der Waals surface area contributed by atoms with Crippen molar-refractivity contribution in [3.05, 3.63) is 0 Å². The number of carbonyl (C=O) groups excluding carboxylic acids is 2. The molecule has 0 saturated carbocycles. The first kappa shape index (κ1) is 15.4. The Bertz CT molecular complexity index is 337. The molecule has 2 atom stereocenters. The Morgan fingerprint density at radius 2 is 2.21 bits per heavy atom. The molecule has 0 bridgehead atoms. The highest BCUT2D eigenvalue weighted by Crippen LogP contribution is 2.15. The van der Waals surface area contributed by atoms with E-state index < -0.39 is 18.0 Å². The maximum atomic E-state index is 11.7. The molecular formula is C12H19NO6. The summed E-state index contributed by atoms with van der Waals surface area (Å²) in [6.45, 7) is 0.642. The van der Waals surface area contributed by atoms with Gasteiger partial charge in [-0.05, 0) is 19.3 Å². The zero-order chi connectivity index (χ0) is 14.3. The van der Waals surface area contributed by atoms with Crippen LogP contribution in [0.25, 0.3) is 0 Å². The fourth-order valence-electron chi connectivity index (χ4n) is 1.89. The Morgan fingerprint density at radius 1 is 1.47 bits per heavy atom. The first-order valence-electron chi connectivity index (χ1n) is 6.23. The van der Waals surface area contributed by atoms with E-state index in [1.165, 1.54) is 7.11 Å². The van der Waals surface area contributed by atoms with Crippen LogP contribution in [0.15, 0.2) is 0 Å². The van der Waals surface area contributed by atoms with Crippen molar-refractivity contribution in [2.75, 3.05) is 13.7 Å². The largest absolute Gasteiger partial charge is 0.480 e. The molecule has 7 heteroatoms. The number of hydrogen-bond acceptors (Lipinski definition) is 5. The Labute approximate surface area is 111 Å². The van der Waals surface area contributed by atoms with Gasteiger partial charge in [-0.2, -0.15) is 0 Å². The highest BCUT2D eigenvalue weighted by molar-refractivity contribution is 5.84. The molecule has 108 valence electrons. The van der Waals surface area contributed by atoms with Crippen LogP contribution in [0, 0.1) is 0 Å². The van der Waals surface area contributed by atoms with Crippen LogP contribution in [0.4, 0.5) is 0 Å². The quantitative estimate of drug-likeness (QED) is 0.637. The van der Waals surface area contributed by atoms with E-state index in [1.54, 1.807) is 0 Å². The van der Waals surface area contributed by atoms with E-state index in [1.807, 2.05) is 0 Å². The minimum Gasteiger partial charge on any atom is -0.480 e. The lowest BCUT2D eigenvalue weighted by Crippen LogP contribution is -2.42. The second-order valence-corrected chi connectivity index (χ2v) is 4.41. The maximum Gasteiger partial charge on any atom is 0.326 e. The number of aliphatic carboxylic acids is 1. The molecule has 1 aliphatic heterocycles. The molecule has 2 N–H and O–H groups in total. The van der Waals surface area contributed by atoms with Gasteiger partial charge in [0.15, 0.2) is 0 Å². The molecule has 7 nitrogen and oxygen atoms in total. The number of hydrogen-bond donors (Lipinski definition) is 2. The van der Waals surface area contributed by atoms with Crippen molar-refractivity contribution < 1.29 is 29.0 Å². The molecule has 0 aromatic heterocycles. The molecule has 19 heavy (non-hydrogen) atoms. The third kappa shape index (κ3) is 5.69. The summed E-state index contributed by atoms with van der Waals surface area (Å²) < 4.78 is 9.73. The molecule has 0 aromatic carbocycles. The van der Waals surface area contributed by atoms with Crippen LogP contribution in [0.5, 0.6) is 0 Å². The summed E-state index contributed by atoms with van der Waals surface area (Å²) in [6, 6.07) is -1.08. The molecule has 0 radical (unpaired) electrons. The van der Waals surface area contributed by atoms with E-state index in [4.69, 9.17) is 9.84 Å². The normalized spacial score (nSPS) is 19.7. The summed E-state index contributed by atoms with van der Waals surface area (Å²) in [5.74, 6) is -2.03. The van der Waals surface area contributed by atoms with Gasteiger partial charge in [0.05, 0.1) is 19.6 Å². The number of nitrogens with one attached hydrogen (secondary N) is 1. The third-order valence-corrected chi connectivity index (χ3v) is 2.94. The summed E-state index contributed by atoms with van der Waals surface area (Å²) >= 11 is 0. The highest BCUT2D eigenvalue weighted by Gasteiger charge is 2.24. The van der Waals surface area contributed by atoms with Gasteiger partial charge in [0, 0.05) is 13.0 Å². The first-order chi connectivity index (χ1) is 9.02. The molecule has 1 fully saturated rings. The molecule has 1 saturated heterocycles. The lowest BCUT2D eigenvalue weighted by atomic mass is 10.1. The average Bonchev–Trinajstić information content (AvgIpc) is 2.86. The predicted molar refractivity (Wildman–Crippen MR) is 64.4 cm³/mol. The van der Waals surface area contributed by atoms with E-state index in [-0.39, 0.29) is 31.3 Å². The molecule has 1 aliphatic rings. The molecule has 2 unspecified atom stereocenters. The Balaban J connectivity index is 2.36. The standard InChI is InChI=1S/C12H19NO6/c1-18-11(15)5-4-9(12(16)17)13-10(14)7-8-3-2-6-19-8/h8-9H,2-7H2,1H3,(H,13,14)(H,16,17). The number of carboxylic acid groups (broad SMARTS) is 1. The van der Waals surface area contributed by atoms with E-state index in [0.29, 0.717) is 6.61 Å². The Kier molecular flexibility index (Phi) is 6.27. The molecule has 1 amide bonds. The molecule has 0 spiro atoms. The summed E-state index contributed by atoms with van der Waals surface area (Å²) in [6.07, 6.45) is 1.72. The zero-order valence-electron chi connectivity index (χ0n) is 10.9. The lowest BCUT2D eigenvalue weighted by molar-refractivity contribution is -0.144. The molecule has 0 aromatic rings. The van der Waals surface area contributed by atoms with Crippen LogP contribution in [0.3, 0.4) is 0 Å². The van der Waals surface area contributed by atoms with Gasteiger partial charge in [-0.25, -0.2) is 4.79 Å². The van der Waals surface area contributed by atoms with Gasteiger partial charge in [0.25, 0.3) is 0 Å². The SMILES string of the molecule is COC(=O)CCC(NC(=O)CC1CCCO1)C(=O)O. The van der Waals surface area contributed by atoms with E-state index in [0.717, 1.165) is 12.8 Å². The third-order valence-electron chi connectivity index (χ3n) is 2.94. The van der Waals surface area contributed by atoms with Crippen molar-refractivity contribution in [1.29, 1.82) is 0 Å². The minimum absolute atomic E-state index is 0.0132. The summed E-state index contributed by atoms with van der Waals surface area (Å²) in [5, 5.41) is 11.4. The number of methoxy groups -OCH3 is 1. The van der Waals surface area contributed by atoms with E-state index in [2.05, 4.69) is 10.1 Å². The van der Waals surface area contributed by atoms with Gasteiger partial charge in [-0.15, -0.1) is 0 Å². The van der Waals surface area contributed by atoms with Crippen molar-refractivity contribution in [2.45, 2.75) is 44.2 Å². The van der Waals surface area contributed by atoms with Crippen LogP contribution >= 0.6 is 0 Å². The number of amides is 1. The van der Waals surface area contributed by atoms with Crippen LogP contribution in [0.2, 0.25) is 0 Å². The average molecular weight is 273 g/mol. The number of ether oxygens (including phenoxy) is 2. The summed E-state index contributed by atoms with van der Waals surface area (Å²) in [7, 11) is 1.23. The Morgan fingerprint density at radius 3 is 2.74 bits per heavy atom.